The zero-order valence-corrected chi connectivity index (χ0v) is 9.80. The molecule has 84 valence electrons. The molecular formula is C11H18ClN3. The Labute approximate surface area is 96.0 Å². The van der Waals surface area contributed by atoms with Crippen LogP contribution in [0, 0.1) is 0 Å². The van der Waals surface area contributed by atoms with Crippen LogP contribution in [0.1, 0.15) is 44.2 Å². The number of pyridine rings is 1. The van der Waals surface area contributed by atoms with Gasteiger partial charge in [-0.1, -0.05) is 37.8 Å². The highest BCUT2D eigenvalue weighted by molar-refractivity contribution is 6.29. The molecule has 1 heterocycles. The molecule has 0 spiro atoms. The van der Waals surface area contributed by atoms with E-state index >= 15 is 0 Å². The van der Waals surface area contributed by atoms with Crippen LogP contribution >= 0.6 is 11.6 Å². The normalized spacial score (nSPS) is 12.7. The molecule has 0 aromatic carbocycles. The molecule has 0 radical (unpaired) electrons. The van der Waals surface area contributed by atoms with E-state index in [0.29, 0.717) is 5.15 Å². The standard InChI is InChI=1S/C11H18ClN3/c1-2-3-4-5-10(15-13)9-6-7-14-11(12)8-9/h6-8,10,15H,2-5,13H2,1H3. The monoisotopic (exact) mass is 227 g/mol. The number of hydrogen-bond acceptors (Lipinski definition) is 3. The van der Waals surface area contributed by atoms with Gasteiger partial charge in [-0.2, -0.15) is 0 Å². The van der Waals surface area contributed by atoms with Gasteiger partial charge >= 0.3 is 0 Å². The molecule has 0 fully saturated rings. The minimum atomic E-state index is 0.178. The molecule has 0 aliphatic carbocycles. The molecule has 1 atom stereocenters. The highest BCUT2D eigenvalue weighted by Gasteiger charge is 2.09. The number of aromatic nitrogens is 1. The summed E-state index contributed by atoms with van der Waals surface area (Å²) < 4.78 is 0. The summed E-state index contributed by atoms with van der Waals surface area (Å²) in [5, 5.41) is 0.517. The van der Waals surface area contributed by atoms with Crippen LogP contribution in [-0.2, 0) is 0 Å². The van der Waals surface area contributed by atoms with Crippen molar-refractivity contribution in [2.45, 2.75) is 38.6 Å². The van der Waals surface area contributed by atoms with E-state index in [9.17, 15) is 0 Å². The topological polar surface area (TPSA) is 50.9 Å². The zero-order valence-electron chi connectivity index (χ0n) is 9.04. The summed E-state index contributed by atoms with van der Waals surface area (Å²) in [5.41, 5.74) is 3.92. The molecule has 1 aromatic rings. The van der Waals surface area contributed by atoms with Gasteiger partial charge in [0.25, 0.3) is 0 Å². The molecule has 1 aromatic heterocycles. The van der Waals surface area contributed by atoms with Crippen molar-refractivity contribution in [1.29, 1.82) is 0 Å². The summed E-state index contributed by atoms with van der Waals surface area (Å²) in [6, 6.07) is 3.98. The van der Waals surface area contributed by atoms with E-state index in [0.717, 1.165) is 12.0 Å². The fourth-order valence-corrected chi connectivity index (χ4v) is 1.76. The van der Waals surface area contributed by atoms with E-state index in [1.54, 1.807) is 6.20 Å². The van der Waals surface area contributed by atoms with Gasteiger partial charge in [-0.3, -0.25) is 11.3 Å². The van der Waals surface area contributed by atoms with E-state index < -0.39 is 0 Å². The molecule has 0 bridgehead atoms. The van der Waals surface area contributed by atoms with Crippen molar-refractivity contribution in [3.8, 4) is 0 Å². The third-order valence-electron chi connectivity index (χ3n) is 2.45. The van der Waals surface area contributed by atoms with Gasteiger partial charge in [0.15, 0.2) is 0 Å². The Morgan fingerprint density at radius 2 is 2.33 bits per heavy atom. The van der Waals surface area contributed by atoms with E-state index in [4.69, 9.17) is 17.4 Å². The van der Waals surface area contributed by atoms with E-state index in [1.165, 1.54) is 19.3 Å². The van der Waals surface area contributed by atoms with Gasteiger partial charge in [-0.15, -0.1) is 0 Å². The summed E-state index contributed by atoms with van der Waals surface area (Å²) in [5.74, 6) is 5.52. The van der Waals surface area contributed by atoms with Gasteiger partial charge in [-0.25, -0.2) is 4.98 Å². The number of halogens is 1. The summed E-state index contributed by atoms with van der Waals surface area (Å²) in [6.07, 6.45) is 6.36. The van der Waals surface area contributed by atoms with Crippen LogP contribution in [0.4, 0.5) is 0 Å². The van der Waals surface area contributed by atoms with Crippen LogP contribution < -0.4 is 11.3 Å². The first-order chi connectivity index (χ1) is 7.27. The Morgan fingerprint density at radius 3 is 2.93 bits per heavy atom. The summed E-state index contributed by atoms with van der Waals surface area (Å²) in [4.78, 5) is 3.95. The second-order valence-corrected chi connectivity index (χ2v) is 4.01. The van der Waals surface area contributed by atoms with Crippen molar-refractivity contribution in [1.82, 2.24) is 10.4 Å². The molecule has 1 rings (SSSR count). The minimum Gasteiger partial charge on any atom is -0.271 e. The third kappa shape index (κ3) is 4.16. The molecule has 0 saturated carbocycles. The summed E-state index contributed by atoms with van der Waals surface area (Å²) in [7, 11) is 0. The molecule has 0 aliphatic heterocycles. The second kappa shape index (κ2) is 6.77. The first-order valence-corrected chi connectivity index (χ1v) is 5.73. The maximum atomic E-state index is 5.83. The minimum absolute atomic E-state index is 0.178. The average molecular weight is 228 g/mol. The first kappa shape index (κ1) is 12.4. The number of rotatable bonds is 6. The Balaban J connectivity index is 2.57. The first-order valence-electron chi connectivity index (χ1n) is 5.35. The lowest BCUT2D eigenvalue weighted by Crippen LogP contribution is -2.28. The third-order valence-corrected chi connectivity index (χ3v) is 2.66. The van der Waals surface area contributed by atoms with Gasteiger partial charge in [0.05, 0.1) is 0 Å². The second-order valence-electron chi connectivity index (χ2n) is 3.63. The van der Waals surface area contributed by atoms with Gasteiger partial charge in [-0.05, 0) is 24.1 Å². The predicted octanol–water partition coefficient (Wildman–Crippen LogP) is 2.82. The van der Waals surface area contributed by atoms with Gasteiger partial charge in [0.2, 0.25) is 0 Å². The smallest absolute Gasteiger partial charge is 0.129 e. The highest BCUT2D eigenvalue weighted by atomic mass is 35.5. The maximum absolute atomic E-state index is 5.83. The van der Waals surface area contributed by atoms with Gasteiger partial charge < -0.3 is 0 Å². The fraction of sp³-hybridized carbons (Fsp3) is 0.545. The van der Waals surface area contributed by atoms with E-state index in [2.05, 4.69) is 17.3 Å². The van der Waals surface area contributed by atoms with Crippen LogP contribution in [-0.4, -0.2) is 4.98 Å². The Kier molecular flexibility index (Phi) is 5.61. The fourth-order valence-electron chi connectivity index (χ4n) is 1.58. The molecule has 0 amide bonds. The van der Waals surface area contributed by atoms with Crippen molar-refractivity contribution in [2.24, 2.45) is 5.84 Å². The predicted molar refractivity (Wildman–Crippen MR) is 63.5 cm³/mol. The summed E-state index contributed by atoms with van der Waals surface area (Å²) >= 11 is 5.83. The number of hydrogen-bond donors (Lipinski definition) is 2. The Morgan fingerprint density at radius 1 is 1.53 bits per heavy atom. The van der Waals surface area contributed by atoms with Crippen molar-refractivity contribution in [3.05, 3.63) is 29.0 Å². The van der Waals surface area contributed by atoms with Crippen molar-refractivity contribution >= 4 is 11.6 Å². The van der Waals surface area contributed by atoms with E-state index in [-0.39, 0.29) is 6.04 Å². The number of nitrogens with one attached hydrogen (secondary N) is 1. The molecule has 1 unspecified atom stereocenters. The molecule has 15 heavy (non-hydrogen) atoms. The van der Waals surface area contributed by atoms with Crippen molar-refractivity contribution in [2.75, 3.05) is 0 Å². The van der Waals surface area contributed by atoms with Crippen molar-refractivity contribution in [3.63, 3.8) is 0 Å². The number of unbranched alkanes of at least 4 members (excludes halogenated alkanes) is 2. The number of hydrazine groups is 1. The lowest BCUT2D eigenvalue weighted by atomic mass is 10.0. The van der Waals surface area contributed by atoms with Crippen LogP contribution in [0.3, 0.4) is 0 Å². The lowest BCUT2D eigenvalue weighted by Gasteiger charge is -2.15. The zero-order chi connectivity index (χ0) is 11.1. The van der Waals surface area contributed by atoms with E-state index in [1.807, 2.05) is 12.1 Å². The quantitative estimate of drug-likeness (QED) is 0.340. The molecule has 0 aliphatic rings. The van der Waals surface area contributed by atoms with Gasteiger partial charge in [0.1, 0.15) is 5.15 Å². The molecule has 3 nitrogen and oxygen atoms in total. The summed E-state index contributed by atoms with van der Waals surface area (Å²) in [6.45, 7) is 2.19. The van der Waals surface area contributed by atoms with Crippen LogP contribution in [0.15, 0.2) is 18.3 Å². The molecular weight excluding hydrogens is 210 g/mol. The van der Waals surface area contributed by atoms with Crippen LogP contribution in [0.2, 0.25) is 5.15 Å². The SMILES string of the molecule is CCCCCC(NN)c1ccnc(Cl)c1. The largest absolute Gasteiger partial charge is 0.271 e. The molecule has 4 heteroatoms. The van der Waals surface area contributed by atoms with Crippen molar-refractivity contribution < 1.29 is 0 Å². The highest BCUT2D eigenvalue weighted by Crippen LogP contribution is 2.20. The lowest BCUT2D eigenvalue weighted by molar-refractivity contribution is 0.486. The van der Waals surface area contributed by atoms with Gasteiger partial charge in [0, 0.05) is 12.2 Å². The molecule has 3 N–H and O–H groups in total. The van der Waals surface area contributed by atoms with Crippen LogP contribution in [0.5, 0.6) is 0 Å². The Hall–Kier alpha value is -0.640. The Bertz CT molecular complexity index is 291. The number of nitrogens with zero attached hydrogens (tertiary/aromatic N) is 1. The average Bonchev–Trinajstić information content (AvgIpc) is 2.24. The maximum Gasteiger partial charge on any atom is 0.129 e. The molecule has 0 saturated heterocycles. The van der Waals surface area contributed by atoms with Crippen LogP contribution in [0.25, 0.3) is 0 Å². The number of nitrogens with two attached hydrogens (primary N) is 1.